The zero-order valence-electron chi connectivity index (χ0n) is 28.2. The van der Waals surface area contributed by atoms with Crippen molar-refractivity contribution in [3.8, 4) is 84.9 Å². The van der Waals surface area contributed by atoms with Crippen molar-refractivity contribution in [2.24, 2.45) is 7.05 Å². The fraction of sp³-hybridized carbons (Fsp3) is 0.0227. The van der Waals surface area contributed by atoms with Gasteiger partial charge in [0.1, 0.15) is 18.1 Å². The van der Waals surface area contributed by atoms with E-state index in [9.17, 15) is 0 Å². The maximum atomic E-state index is 6.21. The second kappa shape index (κ2) is 13.3. The summed E-state index contributed by atoms with van der Waals surface area (Å²) in [4.78, 5) is 0. The largest absolute Gasteiger partial charge is 0.416 e. The van der Waals surface area contributed by atoms with Gasteiger partial charge in [-0.05, 0) is 82.4 Å². The van der Waals surface area contributed by atoms with Crippen molar-refractivity contribution in [2.45, 2.75) is 0 Å². The van der Waals surface area contributed by atoms with E-state index in [1.54, 1.807) is 0 Å². The van der Waals surface area contributed by atoms with Crippen molar-refractivity contribution in [3.05, 3.63) is 170 Å². The summed E-state index contributed by atoms with van der Waals surface area (Å²) in [6, 6.07) is 51.2. The molecule has 3 aromatic heterocycles. The molecule has 0 bridgehead atoms. The average molecular weight is 676 g/mol. The molecular formula is C44H31N6O2+. The molecule has 0 aliphatic rings. The van der Waals surface area contributed by atoms with Gasteiger partial charge in [0, 0.05) is 27.8 Å². The van der Waals surface area contributed by atoms with Crippen LogP contribution < -0.4 is 4.57 Å². The molecule has 0 saturated heterocycles. The molecule has 0 atom stereocenters. The Hall–Kier alpha value is -7.19. The smallest absolute Gasteiger partial charge is 0.248 e. The highest BCUT2D eigenvalue weighted by Crippen LogP contribution is 2.34. The molecule has 0 fully saturated rings. The van der Waals surface area contributed by atoms with Gasteiger partial charge in [0.05, 0.1) is 7.05 Å². The minimum atomic E-state index is 0.448. The summed E-state index contributed by atoms with van der Waals surface area (Å²) < 4.78 is 16.4. The number of aromatic nitrogens is 6. The van der Waals surface area contributed by atoms with Gasteiger partial charge in [-0.25, -0.2) is 9.13 Å². The summed E-state index contributed by atoms with van der Waals surface area (Å²) in [5.74, 6) is 1.86. The molecule has 3 heterocycles. The van der Waals surface area contributed by atoms with Crippen LogP contribution in [0.15, 0.2) is 179 Å². The Morgan fingerprint density at radius 1 is 0.423 bits per heavy atom. The van der Waals surface area contributed by atoms with Gasteiger partial charge in [0.2, 0.25) is 29.9 Å². The third-order valence-electron chi connectivity index (χ3n) is 9.06. The first-order valence-corrected chi connectivity index (χ1v) is 16.9. The van der Waals surface area contributed by atoms with Gasteiger partial charge < -0.3 is 8.83 Å². The van der Waals surface area contributed by atoms with Crippen LogP contribution >= 0.6 is 0 Å². The lowest BCUT2D eigenvalue weighted by Gasteiger charge is -2.09. The van der Waals surface area contributed by atoms with Crippen LogP contribution in [-0.2, 0) is 7.05 Å². The summed E-state index contributed by atoms with van der Waals surface area (Å²) in [6.07, 6.45) is 6.06. The first kappa shape index (κ1) is 30.8. The molecule has 0 saturated carbocycles. The highest BCUT2D eigenvalue weighted by Gasteiger charge is 2.19. The molecule has 0 radical (unpaired) electrons. The highest BCUT2D eigenvalue weighted by molar-refractivity contribution is 5.78. The molecule has 248 valence electrons. The van der Waals surface area contributed by atoms with Crippen molar-refractivity contribution in [1.82, 2.24) is 25.0 Å². The lowest BCUT2D eigenvalue weighted by molar-refractivity contribution is -0.670. The predicted molar refractivity (Wildman–Crippen MR) is 201 cm³/mol. The van der Waals surface area contributed by atoms with Gasteiger partial charge in [-0.15, -0.1) is 20.4 Å². The van der Waals surface area contributed by atoms with Crippen LogP contribution in [0.25, 0.3) is 84.9 Å². The summed E-state index contributed by atoms with van der Waals surface area (Å²) in [6.45, 7) is 0. The molecule has 0 aliphatic carbocycles. The Morgan fingerprint density at radius 2 is 0.808 bits per heavy atom. The van der Waals surface area contributed by atoms with E-state index >= 15 is 0 Å². The van der Waals surface area contributed by atoms with Crippen LogP contribution in [-0.4, -0.2) is 25.0 Å². The van der Waals surface area contributed by atoms with Gasteiger partial charge in [0.15, 0.2) is 0 Å². The fourth-order valence-electron chi connectivity index (χ4n) is 6.29. The molecule has 0 amide bonds. The molecule has 52 heavy (non-hydrogen) atoms. The van der Waals surface area contributed by atoms with E-state index in [0.717, 1.165) is 61.3 Å². The summed E-state index contributed by atoms with van der Waals surface area (Å²) in [7, 11) is 2.00. The molecule has 0 aliphatic heterocycles. The van der Waals surface area contributed by atoms with E-state index < -0.39 is 0 Å². The minimum Gasteiger partial charge on any atom is -0.416 e. The van der Waals surface area contributed by atoms with E-state index in [2.05, 4.69) is 97.8 Å². The van der Waals surface area contributed by atoms with Crippen LogP contribution in [0.3, 0.4) is 0 Å². The topological polar surface area (TPSA) is 86.7 Å². The first-order valence-electron chi connectivity index (χ1n) is 16.9. The maximum absolute atomic E-state index is 6.21. The zero-order chi connectivity index (χ0) is 34.9. The minimum absolute atomic E-state index is 0.448. The van der Waals surface area contributed by atoms with Crippen molar-refractivity contribution < 1.29 is 13.4 Å². The van der Waals surface area contributed by atoms with Crippen molar-refractivity contribution in [1.29, 1.82) is 0 Å². The SMILES string of the molecule is C[n+]1ccn(-c2cc(-c3nnc(-c4ccc(-c5ccccc5)cc4)o3)ccc2-c2ccc(-c3nnc(-c4ccc(-c5ccccc5)cc4)o3)cc2)c1. The van der Waals surface area contributed by atoms with Crippen molar-refractivity contribution >= 4 is 0 Å². The monoisotopic (exact) mass is 675 g/mol. The lowest BCUT2D eigenvalue weighted by Crippen LogP contribution is -2.23. The van der Waals surface area contributed by atoms with Crippen LogP contribution in [0.5, 0.6) is 0 Å². The number of imidazole rings is 1. The van der Waals surface area contributed by atoms with Crippen molar-refractivity contribution in [3.63, 3.8) is 0 Å². The van der Waals surface area contributed by atoms with Crippen LogP contribution in [0, 0.1) is 0 Å². The lowest BCUT2D eigenvalue weighted by atomic mass is 10.00. The summed E-state index contributed by atoms with van der Waals surface area (Å²) >= 11 is 0. The number of benzene rings is 6. The van der Waals surface area contributed by atoms with Gasteiger partial charge in [-0.1, -0.05) is 97.1 Å². The Kier molecular flexibility index (Phi) is 7.86. The molecule has 0 N–H and O–H groups in total. The standard InChI is InChI=1S/C44H31N6O2/c1-49-26-27-50(29-49)40-28-38(44-48-47-43(52-44)36-20-14-33(15-21-36)31-10-6-3-7-11-31)24-25-39(40)34-16-22-37(23-17-34)42-46-45-41(51-42)35-18-12-32(13-19-35)30-8-4-2-5-9-30/h2-29H,1H3/q+1. The first-order chi connectivity index (χ1) is 25.6. The highest BCUT2D eigenvalue weighted by atomic mass is 16.4. The molecule has 0 unspecified atom stereocenters. The molecule has 9 rings (SSSR count). The van der Waals surface area contributed by atoms with E-state index in [4.69, 9.17) is 8.83 Å². The third kappa shape index (κ3) is 6.09. The molecule has 8 nitrogen and oxygen atoms in total. The molecule has 6 aromatic carbocycles. The van der Waals surface area contributed by atoms with Crippen LogP contribution in [0.2, 0.25) is 0 Å². The molecule has 0 spiro atoms. The van der Waals surface area contributed by atoms with Gasteiger partial charge in [-0.2, -0.15) is 0 Å². The Bertz CT molecular complexity index is 2610. The van der Waals surface area contributed by atoms with E-state index in [0.29, 0.717) is 23.6 Å². The van der Waals surface area contributed by atoms with E-state index in [1.165, 1.54) is 0 Å². The second-order valence-electron chi connectivity index (χ2n) is 12.5. The van der Waals surface area contributed by atoms with Gasteiger partial charge >= 0.3 is 0 Å². The number of hydrogen-bond donors (Lipinski definition) is 0. The summed E-state index contributed by atoms with van der Waals surface area (Å²) in [5.41, 5.74) is 11.0. The number of nitrogens with zero attached hydrogens (tertiary/aromatic N) is 6. The van der Waals surface area contributed by atoms with Gasteiger partial charge in [0.25, 0.3) is 0 Å². The van der Waals surface area contributed by atoms with Crippen LogP contribution in [0.4, 0.5) is 0 Å². The van der Waals surface area contributed by atoms with Crippen molar-refractivity contribution in [2.75, 3.05) is 0 Å². The quantitative estimate of drug-likeness (QED) is 0.149. The maximum Gasteiger partial charge on any atom is 0.248 e. The average Bonchev–Trinajstić information content (AvgIpc) is 4.01. The van der Waals surface area contributed by atoms with E-state index in [-0.39, 0.29) is 0 Å². The Morgan fingerprint density at radius 3 is 1.25 bits per heavy atom. The number of hydrogen-bond acceptors (Lipinski definition) is 6. The number of rotatable bonds is 8. The molecular weight excluding hydrogens is 645 g/mol. The molecule has 8 heteroatoms. The normalized spacial score (nSPS) is 11.2. The van der Waals surface area contributed by atoms with Crippen LogP contribution in [0.1, 0.15) is 0 Å². The Labute approximate surface area is 300 Å². The fourth-order valence-corrected chi connectivity index (χ4v) is 6.29. The Balaban J connectivity index is 0.976. The second-order valence-corrected chi connectivity index (χ2v) is 12.5. The van der Waals surface area contributed by atoms with Gasteiger partial charge in [-0.3, -0.25) is 0 Å². The number of aryl methyl sites for hydroxylation is 1. The van der Waals surface area contributed by atoms with E-state index in [1.807, 2.05) is 109 Å². The summed E-state index contributed by atoms with van der Waals surface area (Å²) in [5, 5.41) is 17.5. The molecule has 9 aromatic rings. The predicted octanol–water partition coefficient (Wildman–Crippen LogP) is 9.74. The zero-order valence-corrected chi connectivity index (χ0v) is 28.2. The third-order valence-corrected chi connectivity index (χ3v) is 9.06.